The van der Waals surface area contributed by atoms with E-state index in [1.807, 2.05) is 13.1 Å². The van der Waals surface area contributed by atoms with Crippen molar-refractivity contribution in [3.63, 3.8) is 0 Å². The first-order valence-electron chi connectivity index (χ1n) is 5.36. The summed E-state index contributed by atoms with van der Waals surface area (Å²) >= 11 is 5.86. The van der Waals surface area contributed by atoms with Crippen LogP contribution in [0.1, 0.15) is 18.5 Å². The molecule has 0 radical (unpaired) electrons. The van der Waals surface area contributed by atoms with E-state index in [1.54, 1.807) is 12.4 Å². The van der Waals surface area contributed by atoms with Crippen molar-refractivity contribution in [2.24, 2.45) is 0 Å². The van der Waals surface area contributed by atoms with Crippen molar-refractivity contribution < 1.29 is 0 Å². The van der Waals surface area contributed by atoms with Gasteiger partial charge in [-0.15, -0.1) is 0 Å². The lowest BCUT2D eigenvalue weighted by atomic mass is 10.2. The molecule has 3 rings (SSSR count). The van der Waals surface area contributed by atoms with Crippen LogP contribution in [0.2, 0.25) is 5.28 Å². The van der Waals surface area contributed by atoms with E-state index in [2.05, 4.69) is 35.7 Å². The largest absolute Gasteiger partial charge is 0.363 e. The Morgan fingerprint density at radius 1 is 1.28 bits per heavy atom. The highest BCUT2D eigenvalue weighted by atomic mass is 35.5. The van der Waals surface area contributed by atoms with Gasteiger partial charge in [-0.3, -0.25) is 10.2 Å². The summed E-state index contributed by atoms with van der Waals surface area (Å²) in [5.41, 5.74) is 1.64. The lowest BCUT2D eigenvalue weighted by Crippen LogP contribution is -2.08. The average Bonchev–Trinajstić information content (AvgIpc) is 2.98. The summed E-state index contributed by atoms with van der Waals surface area (Å²) in [5.74, 6) is 0.646. The van der Waals surface area contributed by atoms with Crippen LogP contribution in [0.4, 0.5) is 5.82 Å². The summed E-state index contributed by atoms with van der Waals surface area (Å²) in [4.78, 5) is 8.22. The van der Waals surface area contributed by atoms with E-state index in [0.29, 0.717) is 11.5 Å². The van der Waals surface area contributed by atoms with E-state index in [4.69, 9.17) is 11.6 Å². The third-order valence-electron chi connectivity index (χ3n) is 2.66. The van der Waals surface area contributed by atoms with Crippen molar-refractivity contribution in [2.75, 3.05) is 5.32 Å². The minimum atomic E-state index is 0.0489. The summed E-state index contributed by atoms with van der Waals surface area (Å²) in [5, 5.41) is 17.6. The van der Waals surface area contributed by atoms with Gasteiger partial charge in [0, 0.05) is 11.8 Å². The fourth-order valence-corrected chi connectivity index (χ4v) is 1.87. The van der Waals surface area contributed by atoms with Crippen LogP contribution in [-0.2, 0) is 0 Å². The van der Waals surface area contributed by atoms with E-state index in [1.165, 1.54) is 0 Å². The van der Waals surface area contributed by atoms with Gasteiger partial charge in [0.1, 0.15) is 5.82 Å². The summed E-state index contributed by atoms with van der Waals surface area (Å²) in [7, 11) is 0. The second-order valence-electron chi connectivity index (χ2n) is 3.87. The molecule has 1 unspecified atom stereocenters. The predicted octanol–water partition coefficient (Wildman–Crippen LogP) is 1.90. The second kappa shape index (κ2) is 4.26. The Kier molecular flexibility index (Phi) is 2.60. The molecule has 18 heavy (non-hydrogen) atoms. The fourth-order valence-electron chi connectivity index (χ4n) is 1.70. The van der Waals surface area contributed by atoms with Crippen molar-refractivity contribution in [1.29, 1.82) is 0 Å². The first kappa shape index (κ1) is 11.0. The zero-order chi connectivity index (χ0) is 12.5. The molecule has 7 nitrogen and oxygen atoms in total. The van der Waals surface area contributed by atoms with Crippen LogP contribution >= 0.6 is 11.6 Å². The predicted molar refractivity (Wildman–Crippen MR) is 67.3 cm³/mol. The van der Waals surface area contributed by atoms with Crippen LogP contribution < -0.4 is 5.32 Å². The van der Waals surface area contributed by atoms with Gasteiger partial charge < -0.3 is 5.32 Å². The van der Waals surface area contributed by atoms with Gasteiger partial charge >= 0.3 is 0 Å². The Balaban J connectivity index is 1.97. The molecule has 0 aliphatic carbocycles. The monoisotopic (exact) mass is 263 g/mol. The number of fused-ring (bicyclic) bond motifs is 1. The van der Waals surface area contributed by atoms with Crippen LogP contribution in [0, 0.1) is 0 Å². The Hall–Kier alpha value is -2.15. The van der Waals surface area contributed by atoms with Gasteiger partial charge in [0.05, 0.1) is 23.8 Å². The quantitative estimate of drug-likeness (QED) is 0.627. The maximum atomic E-state index is 5.86. The number of nitrogens with zero attached hydrogens (tertiary/aromatic N) is 4. The summed E-state index contributed by atoms with van der Waals surface area (Å²) in [6.07, 6.45) is 5.25. The summed E-state index contributed by atoms with van der Waals surface area (Å²) < 4.78 is 0. The SMILES string of the molecule is CC(Nc1nc(Cl)nc2[nH]ncc12)c1cn[nH]c1. The molecule has 3 N–H and O–H groups in total. The molecule has 92 valence electrons. The molecule has 0 aliphatic heterocycles. The molecule has 8 heteroatoms. The van der Waals surface area contributed by atoms with Crippen molar-refractivity contribution in [2.45, 2.75) is 13.0 Å². The molecule has 3 aromatic rings. The zero-order valence-electron chi connectivity index (χ0n) is 9.48. The Morgan fingerprint density at radius 3 is 2.94 bits per heavy atom. The van der Waals surface area contributed by atoms with E-state index >= 15 is 0 Å². The number of rotatable bonds is 3. The number of anilines is 1. The molecule has 0 bridgehead atoms. The van der Waals surface area contributed by atoms with E-state index < -0.39 is 0 Å². The highest BCUT2D eigenvalue weighted by Gasteiger charge is 2.12. The average molecular weight is 264 g/mol. The van der Waals surface area contributed by atoms with E-state index in [9.17, 15) is 0 Å². The van der Waals surface area contributed by atoms with Gasteiger partial charge in [0.2, 0.25) is 5.28 Å². The van der Waals surface area contributed by atoms with Crippen LogP contribution in [0.15, 0.2) is 18.6 Å². The summed E-state index contributed by atoms with van der Waals surface area (Å²) in [6.45, 7) is 2.01. The smallest absolute Gasteiger partial charge is 0.226 e. The molecule has 1 atom stereocenters. The van der Waals surface area contributed by atoms with Gasteiger partial charge in [-0.25, -0.2) is 0 Å². The Bertz CT molecular complexity index is 660. The number of nitrogens with one attached hydrogen (secondary N) is 3. The minimum absolute atomic E-state index is 0.0489. The van der Waals surface area contributed by atoms with E-state index in [0.717, 1.165) is 10.9 Å². The molecular formula is C10H10ClN7. The van der Waals surface area contributed by atoms with Gasteiger partial charge in [-0.05, 0) is 18.5 Å². The third kappa shape index (κ3) is 1.88. The first-order chi connectivity index (χ1) is 8.74. The van der Waals surface area contributed by atoms with Gasteiger partial charge in [0.15, 0.2) is 5.65 Å². The molecule has 3 heterocycles. The molecule has 0 saturated heterocycles. The number of aromatic nitrogens is 6. The van der Waals surface area contributed by atoms with Crippen molar-refractivity contribution in [1.82, 2.24) is 30.4 Å². The topological polar surface area (TPSA) is 95.2 Å². The standard InChI is InChI=1S/C10H10ClN7/c1-5(6-2-12-13-3-6)15-8-7-4-14-18-9(7)17-10(11)16-8/h2-5H,1H3,(H,12,13)(H2,14,15,16,17,18). The van der Waals surface area contributed by atoms with Gasteiger partial charge in [-0.2, -0.15) is 20.2 Å². The molecule has 3 aromatic heterocycles. The number of hydrogen-bond donors (Lipinski definition) is 3. The van der Waals surface area contributed by atoms with Crippen molar-refractivity contribution in [3.8, 4) is 0 Å². The number of hydrogen-bond acceptors (Lipinski definition) is 5. The van der Waals surface area contributed by atoms with Gasteiger partial charge in [-0.1, -0.05) is 0 Å². The lowest BCUT2D eigenvalue weighted by Gasteiger charge is -2.13. The zero-order valence-corrected chi connectivity index (χ0v) is 10.2. The van der Waals surface area contributed by atoms with Crippen LogP contribution in [0.3, 0.4) is 0 Å². The van der Waals surface area contributed by atoms with Crippen LogP contribution in [0.25, 0.3) is 11.0 Å². The molecular weight excluding hydrogens is 254 g/mol. The fraction of sp³-hybridized carbons (Fsp3) is 0.200. The maximum absolute atomic E-state index is 5.86. The third-order valence-corrected chi connectivity index (χ3v) is 2.82. The van der Waals surface area contributed by atoms with Crippen LogP contribution in [0.5, 0.6) is 0 Å². The molecule has 0 spiro atoms. The van der Waals surface area contributed by atoms with E-state index in [-0.39, 0.29) is 11.3 Å². The molecule has 0 amide bonds. The highest BCUT2D eigenvalue weighted by molar-refractivity contribution is 6.28. The maximum Gasteiger partial charge on any atom is 0.226 e. The highest BCUT2D eigenvalue weighted by Crippen LogP contribution is 2.24. The second-order valence-corrected chi connectivity index (χ2v) is 4.21. The van der Waals surface area contributed by atoms with Crippen molar-refractivity contribution in [3.05, 3.63) is 29.4 Å². The number of halogens is 1. The van der Waals surface area contributed by atoms with Crippen LogP contribution in [-0.4, -0.2) is 30.4 Å². The molecule has 0 fully saturated rings. The minimum Gasteiger partial charge on any atom is -0.363 e. The first-order valence-corrected chi connectivity index (χ1v) is 5.73. The van der Waals surface area contributed by atoms with Gasteiger partial charge in [0.25, 0.3) is 0 Å². The summed E-state index contributed by atoms with van der Waals surface area (Å²) in [6, 6.07) is 0.0489. The molecule has 0 saturated carbocycles. The Labute approximate surface area is 107 Å². The van der Waals surface area contributed by atoms with Crippen molar-refractivity contribution >= 4 is 28.5 Å². The normalized spacial score (nSPS) is 12.8. The number of H-pyrrole nitrogens is 2. The molecule has 0 aliphatic rings. The molecule has 0 aromatic carbocycles. The lowest BCUT2D eigenvalue weighted by molar-refractivity contribution is 0.877. The number of aromatic amines is 2. The Morgan fingerprint density at radius 2 is 2.17 bits per heavy atom.